The first-order valence-corrected chi connectivity index (χ1v) is 10.3. The molecule has 1 aliphatic heterocycles. The molecule has 0 saturated carbocycles. The first-order valence-electron chi connectivity index (χ1n) is 7.59. The number of ether oxygens (including phenoxy) is 2. The fraction of sp³-hybridized carbons (Fsp3) is 0.375. The molecule has 1 aromatic carbocycles. The van der Waals surface area contributed by atoms with Crippen molar-refractivity contribution in [2.45, 2.75) is 37.1 Å². The summed E-state index contributed by atoms with van der Waals surface area (Å²) in [6, 6.07) is 6.85. The molecule has 0 unspecified atom stereocenters. The quantitative estimate of drug-likeness (QED) is 0.822. The summed E-state index contributed by atoms with van der Waals surface area (Å²) in [6.07, 6.45) is 0.949. The SMILES string of the molecule is CCOc1cc2c(cc1CNS(=O)(=O)c1ccc(Cl)s1)O[C@@H](C)C2. The molecule has 1 aliphatic rings. The molecule has 1 atom stereocenters. The summed E-state index contributed by atoms with van der Waals surface area (Å²) < 4.78 is 39.3. The van der Waals surface area contributed by atoms with Gasteiger partial charge in [0.1, 0.15) is 21.8 Å². The molecule has 24 heavy (non-hydrogen) atoms. The summed E-state index contributed by atoms with van der Waals surface area (Å²) in [7, 11) is -3.61. The maximum absolute atomic E-state index is 12.3. The highest BCUT2D eigenvalue weighted by atomic mass is 35.5. The lowest BCUT2D eigenvalue weighted by atomic mass is 10.1. The van der Waals surface area contributed by atoms with E-state index in [9.17, 15) is 8.42 Å². The molecule has 0 saturated heterocycles. The van der Waals surface area contributed by atoms with Gasteiger partial charge in [0.2, 0.25) is 10.0 Å². The number of sulfonamides is 1. The summed E-state index contributed by atoms with van der Waals surface area (Å²) in [4.78, 5) is 0. The zero-order valence-electron chi connectivity index (χ0n) is 13.3. The monoisotopic (exact) mass is 387 g/mol. The predicted molar refractivity (Wildman–Crippen MR) is 94.8 cm³/mol. The lowest BCUT2D eigenvalue weighted by Crippen LogP contribution is -2.22. The van der Waals surface area contributed by atoms with E-state index in [-0.39, 0.29) is 16.9 Å². The van der Waals surface area contributed by atoms with Crippen LogP contribution in [0.15, 0.2) is 28.5 Å². The predicted octanol–water partition coefficient (Wildman–Crippen LogP) is 3.60. The van der Waals surface area contributed by atoms with Crippen molar-refractivity contribution >= 4 is 33.0 Å². The second-order valence-corrected chi connectivity index (χ2v) is 9.23. The molecular formula is C16H18ClNO4S2. The minimum atomic E-state index is -3.61. The number of hydrogen-bond donors (Lipinski definition) is 1. The summed E-state index contributed by atoms with van der Waals surface area (Å²) in [5.41, 5.74) is 1.83. The normalized spacial score (nSPS) is 16.7. The van der Waals surface area contributed by atoms with Crippen LogP contribution in [0.4, 0.5) is 0 Å². The first-order chi connectivity index (χ1) is 11.4. The van der Waals surface area contributed by atoms with Gasteiger partial charge in [-0.25, -0.2) is 13.1 Å². The van der Waals surface area contributed by atoms with Gasteiger partial charge in [-0.3, -0.25) is 0 Å². The second kappa shape index (κ2) is 6.92. The van der Waals surface area contributed by atoms with Crippen LogP contribution in [-0.2, 0) is 23.0 Å². The topological polar surface area (TPSA) is 64.6 Å². The maximum atomic E-state index is 12.3. The molecular weight excluding hydrogens is 370 g/mol. The number of halogens is 1. The van der Waals surface area contributed by atoms with E-state index in [1.807, 2.05) is 26.0 Å². The standard InChI is InChI=1S/C16H18ClNO4S2/c1-3-21-13-7-11-6-10(2)22-14(11)8-12(13)9-18-24(19,20)16-5-4-15(17)23-16/h4-5,7-8,10,18H,3,6,9H2,1-2H3/t10-/m0/s1. The fourth-order valence-corrected chi connectivity index (χ4v) is 5.13. The average Bonchev–Trinajstić information content (AvgIpc) is 3.10. The van der Waals surface area contributed by atoms with Crippen molar-refractivity contribution in [3.05, 3.63) is 39.7 Å². The number of fused-ring (bicyclic) bond motifs is 1. The zero-order chi connectivity index (χ0) is 17.3. The molecule has 0 spiro atoms. The second-order valence-electron chi connectivity index (χ2n) is 5.52. The van der Waals surface area contributed by atoms with Crippen molar-refractivity contribution in [2.24, 2.45) is 0 Å². The minimum Gasteiger partial charge on any atom is -0.494 e. The summed E-state index contributed by atoms with van der Waals surface area (Å²) >= 11 is 6.84. The molecule has 3 rings (SSSR count). The Balaban J connectivity index is 1.83. The summed E-state index contributed by atoms with van der Waals surface area (Å²) in [5, 5.41) is 0. The molecule has 1 aromatic heterocycles. The summed E-state index contributed by atoms with van der Waals surface area (Å²) in [6.45, 7) is 4.53. The van der Waals surface area contributed by atoms with E-state index >= 15 is 0 Å². The van der Waals surface area contributed by atoms with Crippen LogP contribution in [0.3, 0.4) is 0 Å². The van der Waals surface area contributed by atoms with Gasteiger partial charge in [0.25, 0.3) is 0 Å². The van der Waals surface area contributed by atoms with Gasteiger partial charge in [0, 0.05) is 24.1 Å². The third kappa shape index (κ3) is 3.69. The molecule has 0 radical (unpaired) electrons. The Morgan fingerprint density at radius 2 is 2.21 bits per heavy atom. The average molecular weight is 388 g/mol. The van der Waals surface area contributed by atoms with E-state index in [1.54, 1.807) is 6.07 Å². The van der Waals surface area contributed by atoms with E-state index in [4.69, 9.17) is 21.1 Å². The van der Waals surface area contributed by atoms with Crippen LogP contribution >= 0.6 is 22.9 Å². The van der Waals surface area contributed by atoms with Crippen LogP contribution in [-0.4, -0.2) is 21.1 Å². The lowest BCUT2D eigenvalue weighted by Gasteiger charge is -2.13. The van der Waals surface area contributed by atoms with Gasteiger partial charge in [-0.1, -0.05) is 11.6 Å². The molecule has 0 fully saturated rings. The van der Waals surface area contributed by atoms with E-state index in [0.717, 1.165) is 34.6 Å². The van der Waals surface area contributed by atoms with Crippen molar-refractivity contribution < 1.29 is 17.9 Å². The Bertz CT molecular complexity index is 848. The van der Waals surface area contributed by atoms with Gasteiger partial charge in [0.15, 0.2) is 0 Å². The van der Waals surface area contributed by atoms with Crippen LogP contribution in [0.2, 0.25) is 4.34 Å². The van der Waals surface area contributed by atoms with Crippen molar-refractivity contribution in [2.75, 3.05) is 6.61 Å². The minimum absolute atomic E-state index is 0.120. The van der Waals surface area contributed by atoms with Crippen LogP contribution in [0.5, 0.6) is 11.5 Å². The van der Waals surface area contributed by atoms with E-state index in [0.29, 0.717) is 16.7 Å². The Hall–Kier alpha value is -1.28. The highest BCUT2D eigenvalue weighted by molar-refractivity contribution is 7.91. The Labute approximate surface area is 150 Å². The van der Waals surface area contributed by atoms with Gasteiger partial charge in [-0.15, -0.1) is 11.3 Å². The van der Waals surface area contributed by atoms with Gasteiger partial charge in [-0.2, -0.15) is 0 Å². The van der Waals surface area contributed by atoms with E-state index < -0.39 is 10.0 Å². The number of rotatable bonds is 6. The highest BCUT2D eigenvalue weighted by Crippen LogP contribution is 2.35. The highest BCUT2D eigenvalue weighted by Gasteiger charge is 2.23. The van der Waals surface area contributed by atoms with E-state index in [1.165, 1.54) is 6.07 Å². The number of thiophene rings is 1. The number of hydrogen-bond acceptors (Lipinski definition) is 5. The largest absolute Gasteiger partial charge is 0.494 e. The van der Waals surface area contributed by atoms with E-state index in [2.05, 4.69) is 4.72 Å². The molecule has 5 nitrogen and oxygen atoms in total. The molecule has 1 N–H and O–H groups in total. The van der Waals surface area contributed by atoms with Gasteiger partial charge >= 0.3 is 0 Å². The van der Waals surface area contributed by atoms with Crippen molar-refractivity contribution in [3.8, 4) is 11.5 Å². The Morgan fingerprint density at radius 1 is 1.42 bits per heavy atom. The van der Waals surface area contributed by atoms with Crippen molar-refractivity contribution in [1.29, 1.82) is 0 Å². The van der Waals surface area contributed by atoms with Gasteiger partial charge < -0.3 is 9.47 Å². The molecule has 130 valence electrons. The van der Waals surface area contributed by atoms with Crippen molar-refractivity contribution in [3.63, 3.8) is 0 Å². The van der Waals surface area contributed by atoms with Crippen LogP contribution in [0.1, 0.15) is 25.0 Å². The number of nitrogens with one attached hydrogen (secondary N) is 1. The number of benzene rings is 1. The Morgan fingerprint density at radius 3 is 2.88 bits per heavy atom. The maximum Gasteiger partial charge on any atom is 0.250 e. The fourth-order valence-electron chi connectivity index (χ4n) is 2.60. The van der Waals surface area contributed by atoms with Crippen LogP contribution < -0.4 is 14.2 Å². The molecule has 8 heteroatoms. The van der Waals surface area contributed by atoms with Crippen LogP contribution in [0, 0.1) is 0 Å². The van der Waals surface area contributed by atoms with Crippen LogP contribution in [0.25, 0.3) is 0 Å². The molecule has 2 aromatic rings. The lowest BCUT2D eigenvalue weighted by molar-refractivity contribution is 0.254. The third-order valence-corrected chi connectivity index (χ3v) is 6.77. The summed E-state index contributed by atoms with van der Waals surface area (Å²) in [5.74, 6) is 1.47. The molecule has 2 heterocycles. The molecule has 0 bridgehead atoms. The van der Waals surface area contributed by atoms with Gasteiger partial charge in [-0.05, 0) is 38.1 Å². The molecule has 0 aliphatic carbocycles. The first kappa shape index (κ1) is 17.5. The third-order valence-electron chi connectivity index (χ3n) is 3.65. The molecule has 0 amide bonds. The Kier molecular flexibility index (Phi) is 5.05. The van der Waals surface area contributed by atoms with Gasteiger partial charge in [0.05, 0.1) is 10.9 Å². The smallest absolute Gasteiger partial charge is 0.250 e. The van der Waals surface area contributed by atoms with Crippen molar-refractivity contribution in [1.82, 2.24) is 4.72 Å². The zero-order valence-corrected chi connectivity index (χ0v) is 15.7.